The Morgan fingerprint density at radius 3 is 3.00 bits per heavy atom. The molecule has 15 heavy (non-hydrogen) atoms. The molecule has 0 bridgehead atoms. The zero-order chi connectivity index (χ0) is 10.5. The third-order valence-corrected chi connectivity index (χ3v) is 3.27. The number of nitrogens with one attached hydrogen (secondary N) is 2. The molecule has 1 aliphatic rings. The molecule has 1 saturated carbocycles. The Balaban J connectivity index is 1.68. The Morgan fingerprint density at radius 1 is 1.40 bits per heavy atom. The molecule has 84 valence electrons. The molecule has 0 saturated heterocycles. The predicted molar refractivity (Wildman–Crippen MR) is 60.5 cm³/mol. The highest BCUT2D eigenvalue weighted by molar-refractivity contribution is 5.07. The average molecular weight is 208 g/mol. The summed E-state index contributed by atoms with van der Waals surface area (Å²) in [6.45, 7) is 1.83. The Bertz CT molecular complexity index is 271. The van der Waals surface area contributed by atoms with Gasteiger partial charge in [0.15, 0.2) is 0 Å². The monoisotopic (exact) mass is 208 g/mol. The van der Waals surface area contributed by atoms with Crippen LogP contribution < -0.4 is 5.32 Å². The molecule has 1 fully saturated rings. The van der Waals surface area contributed by atoms with Gasteiger partial charge in [-0.3, -0.25) is 0 Å². The lowest BCUT2D eigenvalue weighted by Gasteiger charge is -2.27. The van der Waals surface area contributed by atoms with E-state index < -0.39 is 0 Å². The van der Waals surface area contributed by atoms with Crippen LogP contribution >= 0.6 is 0 Å². The van der Waals surface area contributed by atoms with Gasteiger partial charge in [0.05, 0.1) is 6.10 Å². The molecule has 1 aromatic rings. The van der Waals surface area contributed by atoms with Gasteiger partial charge in [0, 0.05) is 25.5 Å². The number of aliphatic hydroxyl groups excluding tert-OH is 1. The number of hydrogen-bond donors (Lipinski definition) is 3. The Morgan fingerprint density at radius 2 is 2.27 bits per heavy atom. The van der Waals surface area contributed by atoms with E-state index in [1.165, 1.54) is 24.8 Å². The molecular weight excluding hydrogens is 188 g/mol. The fraction of sp³-hybridized carbons (Fsp3) is 0.667. The minimum atomic E-state index is -0.0857. The van der Waals surface area contributed by atoms with Crippen LogP contribution in [0.4, 0.5) is 0 Å². The van der Waals surface area contributed by atoms with Gasteiger partial charge in [-0.25, -0.2) is 0 Å². The Kier molecular flexibility index (Phi) is 3.80. The van der Waals surface area contributed by atoms with Crippen LogP contribution in [0.1, 0.15) is 31.2 Å². The maximum Gasteiger partial charge on any atom is 0.0580 e. The first kappa shape index (κ1) is 10.7. The number of aromatic nitrogens is 1. The minimum absolute atomic E-state index is 0.0857. The van der Waals surface area contributed by atoms with Gasteiger partial charge in [-0.15, -0.1) is 0 Å². The summed E-state index contributed by atoms with van der Waals surface area (Å²) in [5, 5.41) is 13.2. The summed E-state index contributed by atoms with van der Waals surface area (Å²) >= 11 is 0. The van der Waals surface area contributed by atoms with Crippen LogP contribution in [0.3, 0.4) is 0 Å². The molecule has 3 heteroatoms. The normalized spacial score (nSPS) is 26.7. The third kappa shape index (κ3) is 3.08. The van der Waals surface area contributed by atoms with Crippen LogP contribution in [0.5, 0.6) is 0 Å². The summed E-state index contributed by atoms with van der Waals surface area (Å²) in [6.07, 6.45) is 8.47. The van der Waals surface area contributed by atoms with Crippen molar-refractivity contribution in [3.05, 3.63) is 24.0 Å². The van der Waals surface area contributed by atoms with E-state index in [-0.39, 0.29) is 6.10 Å². The van der Waals surface area contributed by atoms with Crippen molar-refractivity contribution in [2.24, 2.45) is 5.92 Å². The molecule has 1 aliphatic carbocycles. The van der Waals surface area contributed by atoms with Crippen molar-refractivity contribution in [2.45, 2.75) is 38.3 Å². The first-order valence-corrected chi connectivity index (χ1v) is 5.86. The smallest absolute Gasteiger partial charge is 0.0580 e. The fourth-order valence-electron chi connectivity index (χ4n) is 2.30. The van der Waals surface area contributed by atoms with E-state index in [0.29, 0.717) is 5.92 Å². The van der Waals surface area contributed by atoms with Crippen molar-refractivity contribution >= 4 is 0 Å². The summed E-state index contributed by atoms with van der Waals surface area (Å²) in [7, 11) is 0. The van der Waals surface area contributed by atoms with Crippen molar-refractivity contribution < 1.29 is 5.11 Å². The molecule has 1 heterocycles. The molecule has 0 amide bonds. The van der Waals surface area contributed by atoms with E-state index in [1.54, 1.807) is 0 Å². The SMILES string of the molecule is OC1CCCCC1CNCc1cc[nH]c1. The molecule has 2 unspecified atom stereocenters. The van der Waals surface area contributed by atoms with Crippen LogP contribution in [0.15, 0.2) is 18.5 Å². The highest BCUT2D eigenvalue weighted by Crippen LogP contribution is 2.23. The molecule has 0 aliphatic heterocycles. The number of rotatable bonds is 4. The molecular formula is C12H20N2O. The Labute approximate surface area is 90.9 Å². The summed E-state index contributed by atoms with van der Waals surface area (Å²) in [5.74, 6) is 0.456. The van der Waals surface area contributed by atoms with Gasteiger partial charge < -0.3 is 15.4 Å². The lowest BCUT2D eigenvalue weighted by atomic mass is 9.86. The molecule has 2 atom stereocenters. The summed E-state index contributed by atoms with van der Waals surface area (Å²) < 4.78 is 0. The maximum absolute atomic E-state index is 9.78. The van der Waals surface area contributed by atoms with Gasteiger partial charge in [-0.1, -0.05) is 12.8 Å². The molecule has 0 aromatic carbocycles. The first-order valence-electron chi connectivity index (χ1n) is 5.86. The van der Waals surface area contributed by atoms with Gasteiger partial charge in [0.1, 0.15) is 0 Å². The van der Waals surface area contributed by atoms with Gasteiger partial charge in [-0.2, -0.15) is 0 Å². The summed E-state index contributed by atoms with van der Waals surface area (Å²) in [6, 6.07) is 2.07. The van der Waals surface area contributed by atoms with Gasteiger partial charge in [0.2, 0.25) is 0 Å². The maximum atomic E-state index is 9.78. The Hall–Kier alpha value is -0.800. The van der Waals surface area contributed by atoms with Gasteiger partial charge >= 0.3 is 0 Å². The van der Waals surface area contributed by atoms with E-state index >= 15 is 0 Å². The molecule has 0 radical (unpaired) electrons. The number of H-pyrrole nitrogens is 1. The zero-order valence-corrected chi connectivity index (χ0v) is 9.08. The predicted octanol–water partition coefficient (Wildman–Crippen LogP) is 1.66. The number of aromatic amines is 1. The van der Waals surface area contributed by atoms with E-state index in [2.05, 4.69) is 16.4 Å². The first-order chi connectivity index (χ1) is 7.36. The molecule has 0 spiro atoms. The lowest BCUT2D eigenvalue weighted by Crippen LogP contribution is -2.33. The van der Waals surface area contributed by atoms with E-state index in [0.717, 1.165) is 19.5 Å². The second kappa shape index (κ2) is 5.33. The molecule has 3 nitrogen and oxygen atoms in total. The standard InChI is InChI=1S/C12H20N2O/c15-12-4-2-1-3-11(12)9-14-8-10-5-6-13-7-10/h5-7,11-15H,1-4,8-9H2. The van der Waals surface area contributed by atoms with Crippen LogP contribution in [-0.4, -0.2) is 22.7 Å². The van der Waals surface area contributed by atoms with E-state index in [9.17, 15) is 5.11 Å². The zero-order valence-electron chi connectivity index (χ0n) is 9.08. The van der Waals surface area contributed by atoms with Crippen molar-refractivity contribution in [2.75, 3.05) is 6.54 Å². The van der Waals surface area contributed by atoms with Crippen LogP contribution in [-0.2, 0) is 6.54 Å². The van der Waals surface area contributed by atoms with Crippen LogP contribution in [0.2, 0.25) is 0 Å². The molecule has 1 aromatic heterocycles. The van der Waals surface area contributed by atoms with Crippen LogP contribution in [0, 0.1) is 5.92 Å². The van der Waals surface area contributed by atoms with Crippen molar-refractivity contribution in [1.29, 1.82) is 0 Å². The second-order valence-corrected chi connectivity index (χ2v) is 4.46. The fourth-order valence-corrected chi connectivity index (χ4v) is 2.30. The topological polar surface area (TPSA) is 48.0 Å². The lowest BCUT2D eigenvalue weighted by molar-refractivity contribution is 0.0695. The number of hydrogen-bond acceptors (Lipinski definition) is 2. The van der Waals surface area contributed by atoms with Crippen LogP contribution in [0.25, 0.3) is 0 Å². The molecule has 3 N–H and O–H groups in total. The third-order valence-electron chi connectivity index (χ3n) is 3.27. The quantitative estimate of drug-likeness (QED) is 0.704. The number of aliphatic hydroxyl groups is 1. The summed E-state index contributed by atoms with van der Waals surface area (Å²) in [5.41, 5.74) is 1.28. The largest absolute Gasteiger partial charge is 0.393 e. The van der Waals surface area contributed by atoms with Crippen molar-refractivity contribution in [3.8, 4) is 0 Å². The average Bonchev–Trinajstić information content (AvgIpc) is 2.74. The van der Waals surface area contributed by atoms with Crippen molar-refractivity contribution in [3.63, 3.8) is 0 Å². The highest BCUT2D eigenvalue weighted by atomic mass is 16.3. The van der Waals surface area contributed by atoms with E-state index in [1.807, 2.05) is 12.4 Å². The highest BCUT2D eigenvalue weighted by Gasteiger charge is 2.22. The van der Waals surface area contributed by atoms with E-state index in [4.69, 9.17) is 0 Å². The second-order valence-electron chi connectivity index (χ2n) is 4.46. The van der Waals surface area contributed by atoms with Gasteiger partial charge in [0.25, 0.3) is 0 Å². The molecule has 2 rings (SSSR count). The van der Waals surface area contributed by atoms with Crippen molar-refractivity contribution in [1.82, 2.24) is 10.3 Å². The summed E-state index contributed by atoms with van der Waals surface area (Å²) in [4.78, 5) is 3.04. The van der Waals surface area contributed by atoms with Gasteiger partial charge in [-0.05, 0) is 30.4 Å². The minimum Gasteiger partial charge on any atom is -0.393 e.